The van der Waals surface area contributed by atoms with Gasteiger partial charge in [-0.2, -0.15) is 0 Å². The number of primary amides is 1. The number of rotatable bonds is 4. The number of fused-ring (bicyclic) bond motifs is 1. The van der Waals surface area contributed by atoms with Crippen molar-refractivity contribution in [3.05, 3.63) is 65.4 Å². The fraction of sp³-hybridized carbons (Fsp3) is 0.167. The molecule has 0 saturated carbocycles. The van der Waals surface area contributed by atoms with Gasteiger partial charge in [0.2, 0.25) is 5.91 Å². The molecular formula is C18H18N2O3S. The van der Waals surface area contributed by atoms with Crippen LogP contribution in [0.25, 0.3) is 10.9 Å². The SMILES string of the molecule is Cc1ccc(S(=O)(=O)n2c(C)c(CC(N)=O)c3ccccc32)cc1. The van der Waals surface area contributed by atoms with Crippen LogP contribution in [0.1, 0.15) is 16.8 Å². The second-order valence-corrected chi connectivity index (χ2v) is 7.59. The summed E-state index contributed by atoms with van der Waals surface area (Å²) in [7, 11) is -3.76. The number of hydrogen-bond acceptors (Lipinski definition) is 3. The van der Waals surface area contributed by atoms with E-state index in [1.807, 2.05) is 19.1 Å². The van der Waals surface area contributed by atoms with Crippen molar-refractivity contribution in [3.8, 4) is 0 Å². The molecule has 124 valence electrons. The number of nitrogens with two attached hydrogens (primary N) is 1. The van der Waals surface area contributed by atoms with E-state index in [2.05, 4.69) is 0 Å². The molecule has 2 N–H and O–H groups in total. The van der Waals surface area contributed by atoms with Gasteiger partial charge in [-0.25, -0.2) is 12.4 Å². The van der Waals surface area contributed by atoms with Gasteiger partial charge < -0.3 is 5.73 Å². The Morgan fingerprint density at radius 3 is 2.29 bits per heavy atom. The number of amides is 1. The average Bonchev–Trinajstić information content (AvgIpc) is 2.80. The number of hydrogen-bond donors (Lipinski definition) is 1. The van der Waals surface area contributed by atoms with E-state index in [0.29, 0.717) is 16.8 Å². The van der Waals surface area contributed by atoms with Crippen molar-refractivity contribution >= 4 is 26.8 Å². The quantitative estimate of drug-likeness (QED) is 0.791. The maximum Gasteiger partial charge on any atom is 0.268 e. The fourth-order valence-corrected chi connectivity index (χ4v) is 4.51. The molecule has 0 aliphatic heterocycles. The largest absolute Gasteiger partial charge is 0.369 e. The highest BCUT2D eigenvalue weighted by Gasteiger charge is 2.25. The third-order valence-corrected chi connectivity index (χ3v) is 5.92. The highest BCUT2D eigenvalue weighted by molar-refractivity contribution is 7.90. The average molecular weight is 342 g/mol. The monoisotopic (exact) mass is 342 g/mol. The third-order valence-electron chi connectivity index (χ3n) is 4.10. The Balaban J connectivity index is 2.31. The van der Waals surface area contributed by atoms with Crippen molar-refractivity contribution in [2.75, 3.05) is 0 Å². The van der Waals surface area contributed by atoms with Gasteiger partial charge in [0.1, 0.15) is 0 Å². The topological polar surface area (TPSA) is 82.2 Å². The van der Waals surface area contributed by atoms with Gasteiger partial charge in [0.15, 0.2) is 0 Å². The molecule has 0 aliphatic rings. The lowest BCUT2D eigenvalue weighted by molar-refractivity contribution is -0.117. The second-order valence-electron chi connectivity index (χ2n) is 5.81. The molecule has 0 radical (unpaired) electrons. The Bertz CT molecular complexity index is 1030. The Morgan fingerprint density at radius 2 is 1.67 bits per heavy atom. The van der Waals surface area contributed by atoms with Crippen LogP contribution in [0.5, 0.6) is 0 Å². The molecule has 1 amide bonds. The number of carbonyl (C=O) groups excluding carboxylic acids is 1. The van der Waals surface area contributed by atoms with Gasteiger partial charge in [-0.15, -0.1) is 0 Å². The number of aromatic nitrogens is 1. The minimum atomic E-state index is -3.76. The maximum absolute atomic E-state index is 13.1. The van der Waals surface area contributed by atoms with E-state index in [1.165, 1.54) is 3.97 Å². The Morgan fingerprint density at radius 1 is 1.04 bits per heavy atom. The molecule has 1 heterocycles. The molecule has 0 fully saturated rings. The number of nitrogens with zero attached hydrogens (tertiary/aromatic N) is 1. The molecule has 5 nitrogen and oxygen atoms in total. The van der Waals surface area contributed by atoms with E-state index in [4.69, 9.17) is 5.73 Å². The van der Waals surface area contributed by atoms with Gasteiger partial charge >= 0.3 is 0 Å². The molecule has 2 aromatic carbocycles. The van der Waals surface area contributed by atoms with Gasteiger partial charge in [0.25, 0.3) is 10.0 Å². The van der Waals surface area contributed by atoms with Gasteiger partial charge in [0.05, 0.1) is 16.8 Å². The molecule has 0 unspecified atom stereocenters. The van der Waals surface area contributed by atoms with Crippen LogP contribution in [0.3, 0.4) is 0 Å². The first kappa shape index (κ1) is 16.3. The highest BCUT2D eigenvalue weighted by Crippen LogP contribution is 2.30. The van der Waals surface area contributed by atoms with E-state index in [0.717, 1.165) is 10.9 Å². The summed E-state index contributed by atoms with van der Waals surface area (Å²) in [5, 5.41) is 0.726. The number of carbonyl (C=O) groups is 1. The van der Waals surface area contributed by atoms with Crippen molar-refractivity contribution < 1.29 is 13.2 Å². The minimum absolute atomic E-state index is 0.00274. The lowest BCUT2D eigenvalue weighted by Gasteiger charge is -2.10. The molecule has 0 saturated heterocycles. The fourth-order valence-electron chi connectivity index (χ4n) is 2.93. The third kappa shape index (κ3) is 2.59. The lowest BCUT2D eigenvalue weighted by Crippen LogP contribution is -2.17. The first-order valence-corrected chi connectivity index (χ1v) is 8.96. The standard InChI is InChI=1S/C18H18N2O3S/c1-12-7-9-14(10-8-12)24(22,23)20-13(2)16(11-18(19)21)15-5-3-4-6-17(15)20/h3-10H,11H2,1-2H3,(H2,19,21). The van der Waals surface area contributed by atoms with E-state index in [-0.39, 0.29) is 11.3 Å². The first-order valence-electron chi connectivity index (χ1n) is 7.52. The predicted octanol–water partition coefficient (Wildman–Crippen LogP) is 2.52. The molecule has 24 heavy (non-hydrogen) atoms. The van der Waals surface area contributed by atoms with Gasteiger partial charge in [-0.1, -0.05) is 35.9 Å². The van der Waals surface area contributed by atoms with Crippen molar-refractivity contribution in [1.82, 2.24) is 3.97 Å². The van der Waals surface area contributed by atoms with E-state index in [9.17, 15) is 13.2 Å². The molecule has 1 aromatic heterocycles. The Labute approximate surface area is 140 Å². The van der Waals surface area contributed by atoms with Crippen LogP contribution in [-0.4, -0.2) is 18.3 Å². The Kier molecular flexibility index (Phi) is 3.93. The maximum atomic E-state index is 13.1. The van der Waals surface area contributed by atoms with Gasteiger partial charge in [0, 0.05) is 11.1 Å². The van der Waals surface area contributed by atoms with Crippen molar-refractivity contribution in [1.29, 1.82) is 0 Å². The van der Waals surface area contributed by atoms with Crippen LogP contribution in [0.15, 0.2) is 53.4 Å². The molecule has 3 aromatic rings. The summed E-state index contributed by atoms with van der Waals surface area (Å²) in [6.45, 7) is 3.60. The van der Waals surface area contributed by atoms with Crippen LogP contribution in [0.4, 0.5) is 0 Å². The van der Waals surface area contributed by atoms with E-state index in [1.54, 1.807) is 43.3 Å². The summed E-state index contributed by atoms with van der Waals surface area (Å²) in [5.74, 6) is -0.492. The molecular weight excluding hydrogens is 324 g/mol. The van der Waals surface area contributed by atoms with Crippen molar-refractivity contribution in [2.24, 2.45) is 5.73 Å². The lowest BCUT2D eigenvalue weighted by atomic mass is 10.1. The summed E-state index contributed by atoms with van der Waals surface area (Å²) in [6.07, 6.45) is 0.00274. The smallest absolute Gasteiger partial charge is 0.268 e. The predicted molar refractivity (Wildman–Crippen MR) is 93.3 cm³/mol. The second kappa shape index (κ2) is 5.79. The summed E-state index contributed by atoms with van der Waals surface area (Å²) < 4.78 is 27.5. The number of aryl methyl sites for hydroxylation is 1. The van der Waals surface area contributed by atoms with Crippen LogP contribution < -0.4 is 5.73 Å². The summed E-state index contributed by atoms with van der Waals surface area (Å²) in [4.78, 5) is 11.6. The first-order chi connectivity index (χ1) is 11.3. The van der Waals surface area contributed by atoms with Gasteiger partial charge in [-0.05, 0) is 37.6 Å². The van der Waals surface area contributed by atoms with E-state index >= 15 is 0 Å². The molecule has 0 aliphatic carbocycles. The molecule has 0 atom stereocenters. The number of benzene rings is 2. The summed E-state index contributed by atoms with van der Waals surface area (Å²) >= 11 is 0. The molecule has 0 bridgehead atoms. The molecule has 3 rings (SSSR count). The minimum Gasteiger partial charge on any atom is -0.369 e. The molecule has 6 heteroatoms. The zero-order valence-electron chi connectivity index (χ0n) is 13.5. The Hall–Kier alpha value is -2.60. The number of para-hydroxylation sites is 1. The van der Waals surface area contributed by atoms with Crippen molar-refractivity contribution in [2.45, 2.75) is 25.2 Å². The van der Waals surface area contributed by atoms with Crippen LogP contribution in [0.2, 0.25) is 0 Å². The summed E-state index contributed by atoms with van der Waals surface area (Å²) in [6, 6.07) is 13.8. The van der Waals surface area contributed by atoms with Crippen LogP contribution in [-0.2, 0) is 21.2 Å². The normalized spacial score (nSPS) is 11.8. The highest BCUT2D eigenvalue weighted by atomic mass is 32.2. The zero-order chi connectivity index (χ0) is 17.5. The van der Waals surface area contributed by atoms with E-state index < -0.39 is 15.9 Å². The summed E-state index contributed by atoms with van der Waals surface area (Å²) in [5.41, 5.74) is 8.02. The van der Waals surface area contributed by atoms with Crippen molar-refractivity contribution in [3.63, 3.8) is 0 Å². The van der Waals surface area contributed by atoms with Crippen LogP contribution in [0, 0.1) is 13.8 Å². The molecule has 0 spiro atoms. The van der Waals surface area contributed by atoms with Crippen LogP contribution >= 0.6 is 0 Å². The zero-order valence-corrected chi connectivity index (χ0v) is 14.3. The van der Waals surface area contributed by atoms with Gasteiger partial charge in [-0.3, -0.25) is 4.79 Å².